The first kappa shape index (κ1) is 24.9. The predicted molar refractivity (Wildman–Crippen MR) is 126 cm³/mol. The Balaban J connectivity index is 2.36. The van der Waals surface area contributed by atoms with Crippen LogP contribution < -0.4 is 9.62 Å². The van der Waals surface area contributed by atoms with E-state index in [1.165, 1.54) is 4.90 Å². The summed E-state index contributed by atoms with van der Waals surface area (Å²) in [6, 6.07) is 15.0. The fraction of sp³-hybridized carbons (Fsp3) is 0.364. The Labute approximate surface area is 192 Å². The van der Waals surface area contributed by atoms with E-state index in [-0.39, 0.29) is 18.5 Å². The standard InChI is InChI=1S/C22H28BrN3O4S/c1-16(2)24-22(28)17(3)25(14-18-9-8-10-19(23)13-18)21(27)15-26(31(4,29)30)20-11-6-5-7-12-20/h5-13,16-17H,14-15H2,1-4H3,(H,24,28). The molecule has 2 rings (SSSR count). The summed E-state index contributed by atoms with van der Waals surface area (Å²) in [5.41, 5.74) is 1.21. The van der Waals surface area contributed by atoms with Crippen molar-refractivity contribution in [3.05, 3.63) is 64.6 Å². The van der Waals surface area contributed by atoms with E-state index < -0.39 is 28.5 Å². The fourth-order valence-corrected chi connectivity index (χ4v) is 4.32. The van der Waals surface area contributed by atoms with Crippen LogP contribution >= 0.6 is 15.9 Å². The van der Waals surface area contributed by atoms with Crippen LogP contribution in [0.4, 0.5) is 5.69 Å². The molecule has 1 unspecified atom stereocenters. The summed E-state index contributed by atoms with van der Waals surface area (Å²) in [4.78, 5) is 27.4. The number of rotatable bonds is 9. The van der Waals surface area contributed by atoms with E-state index in [1.54, 1.807) is 37.3 Å². The van der Waals surface area contributed by atoms with Gasteiger partial charge in [-0.1, -0.05) is 46.3 Å². The van der Waals surface area contributed by atoms with Crippen LogP contribution in [0.25, 0.3) is 0 Å². The van der Waals surface area contributed by atoms with Crippen molar-refractivity contribution in [3.8, 4) is 0 Å². The van der Waals surface area contributed by atoms with Crippen LogP contribution in [0.15, 0.2) is 59.1 Å². The van der Waals surface area contributed by atoms with Gasteiger partial charge >= 0.3 is 0 Å². The highest BCUT2D eigenvalue weighted by atomic mass is 79.9. The molecule has 0 heterocycles. The highest BCUT2D eigenvalue weighted by Gasteiger charge is 2.30. The quantitative estimate of drug-likeness (QED) is 0.562. The van der Waals surface area contributed by atoms with Crippen LogP contribution in [0, 0.1) is 0 Å². The van der Waals surface area contributed by atoms with Gasteiger partial charge in [0.25, 0.3) is 0 Å². The number of nitrogens with zero attached hydrogens (tertiary/aromatic N) is 2. The second kappa shape index (κ2) is 10.8. The summed E-state index contributed by atoms with van der Waals surface area (Å²) in [6.07, 6.45) is 1.06. The SMILES string of the molecule is CC(C)NC(=O)C(C)N(Cc1cccc(Br)c1)C(=O)CN(c1ccccc1)S(C)(=O)=O. The third-order valence-corrected chi connectivity index (χ3v) is 6.20. The van der Waals surface area contributed by atoms with Gasteiger partial charge in [0.1, 0.15) is 12.6 Å². The summed E-state index contributed by atoms with van der Waals surface area (Å²) in [5, 5.41) is 2.82. The lowest BCUT2D eigenvalue weighted by atomic mass is 10.1. The molecule has 0 aliphatic heterocycles. The van der Waals surface area contributed by atoms with E-state index in [0.717, 1.165) is 20.6 Å². The first-order valence-corrected chi connectivity index (χ1v) is 12.5. The Morgan fingerprint density at radius 3 is 2.23 bits per heavy atom. The molecule has 0 spiro atoms. The van der Waals surface area contributed by atoms with E-state index in [4.69, 9.17) is 0 Å². The van der Waals surface area contributed by atoms with Crippen molar-refractivity contribution in [3.63, 3.8) is 0 Å². The minimum absolute atomic E-state index is 0.0883. The van der Waals surface area contributed by atoms with Crippen LogP contribution in [0.3, 0.4) is 0 Å². The monoisotopic (exact) mass is 509 g/mol. The summed E-state index contributed by atoms with van der Waals surface area (Å²) in [5.74, 6) is -0.773. The van der Waals surface area contributed by atoms with Crippen molar-refractivity contribution < 1.29 is 18.0 Å². The zero-order chi connectivity index (χ0) is 23.2. The lowest BCUT2D eigenvalue weighted by molar-refractivity contribution is -0.139. The summed E-state index contributed by atoms with van der Waals surface area (Å²) in [7, 11) is -3.71. The van der Waals surface area contributed by atoms with E-state index in [2.05, 4.69) is 21.2 Å². The van der Waals surface area contributed by atoms with Crippen LogP contribution in [0.1, 0.15) is 26.3 Å². The third-order valence-electron chi connectivity index (χ3n) is 4.56. The summed E-state index contributed by atoms with van der Waals surface area (Å²) >= 11 is 3.41. The molecule has 9 heteroatoms. The zero-order valence-electron chi connectivity index (χ0n) is 18.1. The molecule has 0 aliphatic rings. The maximum absolute atomic E-state index is 13.3. The zero-order valence-corrected chi connectivity index (χ0v) is 20.5. The Bertz CT molecular complexity index is 1010. The molecule has 0 aromatic heterocycles. The molecule has 1 N–H and O–H groups in total. The molecule has 0 fully saturated rings. The molecule has 0 radical (unpaired) electrons. The normalized spacial score (nSPS) is 12.3. The Kier molecular flexibility index (Phi) is 8.64. The summed E-state index contributed by atoms with van der Waals surface area (Å²) in [6.45, 7) is 5.08. The second-order valence-electron chi connectivity index (χ2n) is 7.60. The Morgan fingerprint density at radius 1 is 1.03 bits per heavy atom. The maximum atomic E-state index is 13.3. The number of nitrogens with one attached hydrogen (secondary N) is 1. The number of carbonyl (C=O) groups is 2. The van der Waals surface area contributed by atoms with Crippen molar-refractivity contribution in [2.45, 2.75) is 39.4 Å². The maximum Gasteiger partial charge on any atom is 0.244 e. The van der Waals surface area contributed by atoms with Crippen LogP contribution in [0.2, 0.25) is 0 Å². The van der Waals surface area contributed by atoms with Crippen LogP contribution in [-0.4, -0.2) is 50.0 Å². The predicted octanol–water partition coefficient (Wildman–Crippen LogP) is 3.16. The van der Waals surface area contributed by atoms with Crippen LogP contribution in [0.5, 0.6) is 0 Å². The smallest absolute Gasteiger partial charge is 0.244 e. The highest BCUT2D eigenvalue weighted by Crippen LogP contribution is 2.19. The third kappa shape index (κ3) is 7.36. The molecule has 0 saturated carbocycles. The number of para-hydroxylation sites is 1. The van der Waals surface area contributed by atoms with Gasteiger partial charge in [-0.3, -0.25) is 13.9 Å². The van der Waals surface area contributed by atoms with Crippen molar-refractivity contribution in [1.82, 2.24) is 10.2 Å². The van der Waals surface area contributed by atoms with Gasteiger partial charge in [-0.15, -0.1) is 0 Å². The van der Waals surface area contributed by atoms with Gasteiger partial charge in [0.2, 0.25) is 21.8 Å². The minimum atomic E-state index is -3.71. The van der Waals surface area contributed by atoms with E-state index in [0.29, 0.717) is 5.69 Å². The first-order chi connectivity index (χ1) is 14.5. The molecule has 2 aromatic carbocycles. The largest absolute Gasteiger partial charge is 0.352 e. The van der Waals surface area contributed by atoms with Gasteiger partial charge in [0, 0.05) is 17.1 Å². The number of anilines is 1. The van der Waals surface area contributed by atoms with Crippen molar-refractivity contribution >= 4 is 43.5 Å². The van der Waals surface area contributed by atoms with E-state index in [9.17, 15) is 18.0 Å². The first-order valence-electron chi connectivity index (χ1n) is 9.86. The molecule has 7 nitrogen and oxygen atoms in total. The number of hydrogen-bond donors (Lipinski definition) is 1. The average molecular weight is 510 g/mol. The Hall–Kier alpha value is -2.39. The number of amides is 2. The van der Waals surface area contributed by atoms with E-state index >= 15 is 0 Å². The number of carbonyl (C=O) groups excluding carboxylic acids is 2. The molecule has 1 atom stereocenters. The lowest BCUT2D eigenvalue weighted by Crippen LogP contribution is -2.52. The van der Waals surface area contributed by atoms with Gasteiger partial charge in [0.15, 0.2) is 0 Å². The highest BCUT2D eigenvalue weighted by molar-refractivity contribution is 9.10. The number of halogens is 1. The molecule has 31 heavy (non-hydrogen) atoms. The lowest BCUT2D eigenvalue weighted by Gasteiger charge is -2.32. The fourth-order valence-electron chi connectivity index (χ4n) is 3.03. The molecule has 0 aliphatic carbocycles. The number of benzene rings is 2. The number of sulfonamides is 1. The van der Waals surface area contributed by atoms with Gasteiger partial charge in [0.05, 0.1) is 11.9 Å². The average Bonchev–Trinajstić information content (AvgIpc) is 2.69. The summed E-state index contributed by atoms with van der Waals surface area (Å²) < 4.78 is 26.7. The molecule has 0 saturated heterocycles. The molecule has 168 valence electrons. The second-order valence-corrected chi connectivity index (χ2v) is 10.4. The van der Waals surface area contributed by atoms with Crippen molar-refractivity contribution in [2.75, 3.05) is 17.1 Å². The molecule has 2 amide bonds. The minimum Gasteiger partial charge on any atom is -0.352 e. The molecule has 2 aromatic rings. The topological polar surface area (TPSA) is 86.8 Å². The van der Waals surface area contributed by atoms with Gasteiger partial charge in [-0.05, 0) is 50.6 Å². The molecular formula is C22H28BrN3O4S. The van der Waals surface area contributed by atoms with Gasteiger partial charge < -0.3 is 10.2 Å². The van der Waals surface area contributed by atoms with Crippen molar-refractivity contribution in [2.24, 2.45) is 0 Å². The molecular weight excluding hydrogens is 482 g/mol. The van der Waals surface area contributed by atoms with Gasteiger partial charge in [-0.25, -0.2) is 8.42 Å². The van der Waals surface area contributed by atoms with Crippen LogP contribution in [-0.2, 0) is 26.2 Å². The van der Waals surface area contributed by atoms with E-state index in [1.807, 2.05) is 38.1 Å². The molecule has 0 bridgehead atoms. The Morgan fingerprint density at radius 2 is 1.68 bits per heavy atom. The van der Waals surface area contributed by atoms with Crippen molar-refractivity contribution in [1.29, 1.82) is 0 Å². The van der Waals surface area contributed by atoms with Gasteiger partial charge in [-0.2, -0.15) is 0 Å². The number of hydrogen-bond acceptors (Lipinski definition) is 4.